The monoisotopic (exact) mass is 249 g/mol. The van der Waals surface area contributed by atoms with Crippen LogP contribution in [0.3, 0.4) is 0 Å². The van der Waals surface area contributed by atoms with Crippen molar-refractivity contribution in [1.82, 2.24) is 5.32 Å². The van der Waals surface area contributed by atoms with Gasteiger partial charge in [-0.25, -0.2) is 0 Å². The number of aliphatic hydroxyl groups is 1. The van der Waals surface area contributed by atoms with E-state index in [4.69, 9.17) is 5.11 Å². The van der Waals surface area contributed by atoms with Gasteiger partial charge in [-0.3, -0.25) is 0 Å². The molecule has 102 valence electrons. The van der Waals surface area contributed by atoms with Crippen LogP contribution in [0.2, 0.25) is 0 Å². The molecule has 1 aliphatic heterocycles. The summed E-state index contributed by atoms with van der Waals surface area (Å²) in [6, 6.07) is 8.10. The maximum absolute atomic E-state index is 8.83. The standard InChI is InChI=1S/C11H16O.C5H11N/c1-11(2,3)10-6-4-9(8-12)5-7-10;1-2-4-6-5-3-1/h4-7,12H,8H2,1-3H3;6H,1-5H2. The van der Waals surface area contributed by atoms with Crippen LogP contribution in [0, 0.1) is 0 Å². The third-order valence-electron chi connectivity index (χ3n) is 3.21. The molecule has 1 aromatic carbocycles. The summed E-state index contributed by atoms with van der Waals surface area (Å²) in [5.41, 5.74) is 2.48. The quantitative estimate of drug-likeness (QED) is 0.801. The summed E-state index contributed by atoms with van der Waals surface area (Å²) in [6.07, 6.45) is 4.22. The highest BCUT2D eigenvalue weighted by Crippen LogP contribution is 2.21. The second-order valence-electron chi connectivity index (χ2n) is 5.92. The Labute approximate surface area is 111 Å². The Hall–Kier alpha value is -0.860. The van der Waals surface area contributed by atoms with Crippen molar-refractivity contribution in [3.8, 4) is 0 Å². The van der Waals surface area contributed by atoms with E-state index < -0.39 is 0 Å². The predicted molar refractivity (Wildman–Crippen MR) is 77.8 cm³/mol. The van der Waals surface area contributed by atoms with E-state index >= 15 is 0 Å². The van der Waals surface area contributed by atoms with Gasteiger partial charge >= 0.3 is 0 Å². The van der Waals surface area contributed by atoms with Crippen LogP contribution in [0.4, 0.5) is 0 Å². The van der Waals surface area contributed by atoms with Gasteiger partial charge in [-0.2, -0.15) is 0 Å². The molecule has 0 saturated carbocycles. The number of aliphatic hydroxyl groups excluding tert-OH is 1. The highest BCUT2D eigenvalue weighted by molar-refractivity contribution is 5.26. The molecule has 18 heavy (non-hydrogen) atoms. The molecule has 1 heterocycles. The third-order valence-corrected chi connectivity index (χ3v) is 3.21. The minimum Gasteiger partial charge on any atom is -0.392 e. The summed E-state index contributed by atoms with van der Waals surface area (Å²) >= 11 is 0. The van der Waals surface area contributed by atoms with E-state index in [9.17, 15) is 0 Å². The Morgan fingerprint density at radius 3 is 1.83 bits per heavy atom. The number of piperidine rings is 1. The third kappa shape index (κ3) is 5.65. The van der Waals surface area contributed by atoms with Crippen LogP contribution in [-0.4, -0.2) is 18.2 Å². The minimum atomic E-state index is 0.129. The molecule has 2 heteroatoms. The molecule has 0 bridgehead atoms. The van der Waals surface area contributed by atoms with Gasteiger partial charge in [-0.15, -0.1) is 0 Å². The first kappa shape index (κ1) is 15.2. The van der Waals surface area contributed by atoms with Crippen LogP contribution < -0.4 is 5.32 Å². The molecule has 1 aliphatic rings. The average Bonchev–Trinajstić information content (AvgIpc) is 2.40. The first-order valence-corrected chi connectivity index (χ1v) is 6.95. The van der Waals surface area contributed by atoms with E-state index in [0.29, 0.717) is 0 Å². The van der Waals surface area contributed by atoms with Crippen molar-refractivity contribution >= 4 is 0 Å². The zero-order valence-corrected chi connectivity index (χ0v) is 12.0. The molecule has 0 spiro atoms. The molecule has 0 amide bonds. The first-order chi connectivity index (χ1) is 8.54. The highest BCUT2D eigenvalue weighted by atomic mass is 16.3. The molecule has 0 aromatic heterocycles. The van der Waals surface area contributed by atoms with Crippen LogP contribution >= 0.6 is 0 Å². The lowest BCUT2D eigenvalue weighted by Gasteiger charge is -2.18. The van der Waals surface area contributed by atoms with Crippen molar-refractivity contribution < 1.29 is 5.11 Å². The van der Waals surface area contributed by atoms with Gasteiger partial charge in [0, 0.05) is 0 Å². The lowest BCUT2D eigenvalue weighted by atomic mass is 9.87. The molecule has 0 atom stereocenters. The van der Waals surface area contributed by atoms with Crippen LogP contribution in [-0.2, 0) is 12.0 Å². The normalized spacial score (nSPS) is 15.8. The molecule has 0 radical (unpaired) electrons. The van der Waals surface area contributed by atoms with Crippen molar-refractivity contribution in [2.24, 2.45) is 0 Å². The molecule has 0 aliphatic carbocycles. The maximum Gasteiger partial charge on any atom is 0.0681 e. The van der Waals surface area contributed by atoms with Crippen molar-refractivity contribution in [1.29, 1.82) is 0 Å². The number of benzene rings is 1. The number of hydrogen-bond donors (Lipinski definition) is 2. The molecular weight excluding hydrogens is 222 g/mol. The Bertz CT molecular complexity index is 308. The van der Waals surface area contributed by atoms with Gasteiger partial charge in [-0.05, 0) is 42.5 Å². The number of rotatable bonds is 1. The van der Waals surface area contributed by atoms with Crippen molar-refractivity contribution in [3.05, 3.63) is 35.4 Å². The van der Waals surface area contributed by atoms with Gasteiger partial charge in [-0.1, -0.05) is 51.5 Å². The number of hydrogen-bond acceptors (Lipinski definition) is 2. The summed E-state index contributed by atoms with van der Waals surface area (Å²) in [5, 5.41) is 12.1. The van der Waals surface area contributed by atoms with Crippen molar-refractivity contribution in [2.75, 3.05) is 13.1 Å². The molecule has 1 fully saturated rings. The van der Waals surface area contributed by atoms with Crippen LogP contribution in [0.25, 0.3) is 0 Å². The van der Waals surface area contributed by atoms with Crippen molar-refractivity contribution in [2.45, 2.75) is 52.1 Å². The van der Waals surface area contributed by atoms with Gasteiger partial charge in [0.05, 0.1) is 6.61 Å². The minimum absolute atomic E-state index is 0.129. The second kappa shape index (κ2) is 7.55. The van der Waals surface area contributed by atoms with E-state index in [0.717, 1.165) is 5.56 Å². The van der Waals surface area contributed by atoms with E-state index in [1.807, 2.05) is 12.1 Å². The second-order valence-corrected chi connectivity index (χ2v) is 5.92. The lowest BCUT2D eigenvalue weighted by Crippen LogP contribution is -2.21. The van der Waals surface area contributed by atoms with Crippen LogP contribution in [0.1, 0.15) is 51.2 Å². The summed E-state index contributed by atoms with van der Waals surface area (Å²) in [4.78, 5) is 0. The zero-order chi connectivity index (χ0) is 13.4. The Balaban J connectivity index is 0.000000225. The molecule has 2 nitrogen and oxygen atoms in total. The average molecular weight is 249 g/mol. The van der Waals surface area contributed by atoms with Crippen molar-refractivity contribution in [3.63, 3.8) is 0 Å². The zero-order valence-electron chi connectivity index (χ0n) is 12.0. The van der Waals surface area contributed by atoms with Crippen LogP contribution in [0.15, 0.2) is 24.3 Å². The molecule has 1 aromatic rings. The fourth-order valence-corrected chi connectivity index (χ4v) is 1.91. The largest absolute Gasteiger partial charge is 0.392 e. The van der Waals surface area contributed by atoms with E-state index in [-0.39, 0.29) is 12.0 Å². The van der Waals surface area contributed by atoms with Crippen LogP contribution in [0.5, 0.6) is 0 Å². The summed E-state index contributed by atoms with van der Waals surface area (Å²) in [7, 11) is 0. The smallest absolute Gasteiger partial charge is 0.0681 e. The first-order valence-electron chi connectivity index (χ1n) is 6.95. The summed E-state index contributed by atoms with van der Waals surface area (Å²) in [5.74, 6) is 0. The predicted octanol–water partition coefficient (Wildman–Crippen LogP) is 3.24. The molecular formula is C16H27NO. The Kier molecular flexibility index (Phi) is 6.37. The van der Waals surface area contributed by atoms with Gasteiger partial charge in [0.2, 0.25) is 0 Å². The Morgan fingerprint density at radius 2 is 1.56 bits per heavy atom. The molecule has 1 saturated heterocycles. The van der Waals surface area contributed by atoms with E-state index in [2.05, 4.69) is 38.2 Å². The molecule has 2 N–H and O–H groups in total. The van der Waals surface area contributed by atoms with Gasteiger partial charge in [0.25, 0.3) is 0 Å². The number of nitrogens with one attached hydrogen (secondary N) is 1. The summed E-state index contributed by atoms with van der Waals surface area (Å²) < 4.78 is 0. The fourth-order valence-electron chi connectivity index (χ4n) is 1.91. The fraction of sp³-hybridized carbons (Fsp3) is 0.625. The maximum atomic E-state index is 8.83. The topological polar surface area (TPSA) is 32.3 Å². The van der Waals surface area contributed by atoms with E-state index in [1.165, 1.54) is 37.9 Å². The molecule has 2 rings (SSSR count). The van der Waals surface area contributed by atoms with Gasteiger partial charge in [0.1, 0.15) is 0 Å². The molecule has 0 unspecified atom stereocenters. The Morgan fingerprint density at radius 1 is 1.00 bits per heavy atom. The highest BCUT2D eigenvalue weighted by Gasteiger charge is 2.12. The SMILES string of the molecule is C1CCNCC1.CC(C)(C)c1ccc(CO)cc1. The van der Waals surface area contributed by atoms with E-state index in [1.54, 1.807) is 0 Å². The summed E-state index contributed by atoms with van der Waals surface area (Å²) in [6.45, 7) is 9.17. The van der Waals surface area contributed by atoms with Gasteiger partial charge < -0.3 is 10.4 Å². The lowest BCUT2D eigenvalue weighted by molar-refractivity contribution is 0.282. The van der Waals surface area contributed by atoms with Gasteiger partial charge in [0.15, 0.2) is 0 Å².